The molecule has 1 aliphatic rings. The fraction of sp³-hybridized carbons (Fsp3) is 0.360. The van der Waals surface area contributed by atoms with Crippen LogP contribution in [-0.4, -0.2) is 6.04 Å². The Balaban J connectivity index is 1.57. The predicted octanol–water partition coefficient (Wildman–Crippen LogP) is 6.15. The van der Waals surface area contributed by atoms with Crippen molar-refractivity contribution in [1.29, 1.82) is 0 Å². The number of nitrogens with one attached hydrogen (secondary N) is 1. The summed E-state index contributed by atoms with van der Waals surface area (Å²) in [6, 6.07) is 22.0. The zero-order valence-electron chi connectivity index (χ0n) is 16.2. The second-order valence-corrected chi connectivity index (χ2v) is 7.69. The number of rotatable bonds is 6. The Kier molecular flexibility index (Phi) is 5.74. The summed E-state index contributed by atoms with van der Waals surface area (Å²) < 4.78 is 6.31. The molecule has 0 unspecified atom stereocenters. The highest BCUT2D eigenvalue weighted by Gasteiger charge is 2.15. The topological polar surface area (TPSA) is 21.3 Å². The summed E-state index contributed by atoms with van der Waals surface area (Å²) in [7, 11) is 0. The maximum Gasteiger partial charge on any atom is 0.124 e. The molecule has 2 nitrogen and oxygen atoms in total. The predicted molar refractivity (Wildman–Crippen MR) is 113 cm³/mol. The van der Waals surface area contributed by atoms with Gasteiger partial charge >= 0.3 is 0 Å². The fourth-order valence-corrected chi connectivity index (χ4v) is 4.11. The molecule has 1 N–H and O–H groups in total. The zero-order chi connectivity index (χ0) is 18.5. The van der Waals surface area contributed by atoms with Crippen molar-refractivity contribution < 1.29 is 4.74 Å². The third-order valence-electron chi connectivity index (χ3n) is 5.81. The molecule has 0 atom stereocenters. The van der Waals surface area contributed by atoms with Crippen LogP contribution in [-0.2, 0) is 13.2 Å². The zero-order valence-corrected chi connectivity index (χ0v) is 16.2. The quantitative estimate of drug-likeness (QED) is 0.570. The SMILES string of the molecule is Cc1ccccc1COc1ccc2ccccc2c1CNC1CCCCC1. The van der Waals surface area contributed by atoms with E-state index in [4.69, 9.17) is 4.74 Å². The van der Waals surface area contributed by atoms with E-state index in [0.29, 0.717) is 12.6 Å². The highest BCUT2D eigenvalue weighted by molar-refractivity contribution is 5.87. The van der Waals surface area contributed by atoms with Gasteiger partial charge in [0.2, 0.25) is 0 Å². The van der Waals surface area contributed by atoms with Gasteiger partial charge in [0, 0.05) is 18.2 Å². The monoisotopic (exact) mass is 359 g/mol. The average Bonchev–Trinajstić information content (AvgIpc) is 2.72. The van der Waals surface area contributed by atoms with Crippen molar-refractivity contribution in [1.82, 2.24) is 5.32 Å². The molecule has 3 aromatic carbocycles. The molecule has 1 fully saturated rings. The van der Waals surface area contributed by atoms with E-state index in [1.807, 2.05) is 0 Å². The van der Waals surface area contributed by atoms with Crippen LogP contribution in [0.25, 0.3) is 10.8 Å². The lowest BCUT2D eigenvalue weighted by atomic mass is 9.95. The van der Waals surface area contributed by atoms with Crippen LogP contribution in [0.1, 0.15) is 48.8 Å². The molecule has 0 aromatic heterocycles. The van der Waals surface area contributed by atoms with Gasteiger partial charge < -0.3 is 10.1 Å². The van der Waals surface area contributed by atoms with Gasteiger partial charge in [0.25, 0.3) is 0 Å². The van der Waals surface area contributed by atoms with Crippen LogP contribution in [0.2, 0.25) is 0 Å². The van der Waals surface area contributed by atoms with E-state index >= 15 is 0 Å². The molecule has 0 aliphatic heterocycles. The van der Waals surface area contributed by atoms with E-state index in [9.17, 15) is 0 Å². The minimum absolute atomic E-state index is 0.613. The first kappa shape index (κ1) is 18.1. The normalized spacial score (nSPS) is 15.1. The van der Waals surface area contributed by atoms with Gasteiger partial charge in [-0.05, 0) is 47.7 Å². The first-order valence-electron chi connectivity index (χ1n) is 10.2. The van der Waals surface area contributed by atoms with E-state index in [1.165, 1.54) is 59.6 Å². The van der Waals surface area contributed by atoms with Crippen LogP contribution in [0, 0.1) is 6.92 Å². The number of fused-ring (bicyclic) bond motifs is 1. The van der Waals surface area contributed by atoms with Gasteiger partial charge in [-0.3, -0.25) is 0 Å². The van der Waals surface area contributed by atoms with Crippen molar-refractivity contribution >= 4 is 10.8 Å². The van der Waals surface area contributed by atoms with Crippen LogP contribution in [0.3, 0.4) is 0 Å². The minimum atomic E-state index is 0.613. The molecule has 0 saturated heterocycles. The molecule has 0 bridgehead atoms. The molecule has 1 saturated carbocycles. The van der Waals surface area contributed by atoms with Crippen molar-refractivity contribution in [2.75, 3.05) is 0 Å². The van der Waals surface area contributed by atoms with Crippen LogP contribution in [0.4, 0.5) is 0 Å². The number of benzene rings is 3. The molecule has 27 heavy (non-hydrogen) atoms. The van der Waals surface area contributed by atoms with Crippen molar-refractivity contribution in [2.45, 2.75) is 58.2 Å². The maximum atomic E-state index is 6.31. The van der Waals surface area contributed by atoms with E-state index in [0.717, 1.165) is 12.3 Å². The van der Waals surface area contributed by atoms with Gasteiger partial charge in [0.15, 0.2) is 0 Å². The lowest BCUT2D eigenvalue weighted by molar-refractivity contribution is 0.300. The van der Waals surface area contributed by atoms with Gasteiger partial charge in [-0.25, -0.2) is 0 Å². The molecule has 2 heteroatoms. The van der Waals surface area contributed by atoms with Crippen molar-refractivity contribution in [3.63, 3.8) is 0 Å². The van der Waals surface area contributed by atoms with E-state index in [1.54, 1.807) is 0 Å². The summed E-state index contributed by atoms with van der Waals surface area (Å²) in [5, 5.41) is 6.37. The number of aryl methyl sites for hydroxylation is 1. The molecule has 0 amide bonds. The molecule has 1 aliphatic carbocycles. The van der Waals surface area contributed by atoms with E-state index in [2.05, 4.69) is 72.9 Å². The number of ether oxygens (including phenoxy) is 1. The first-order valence-corrected chi connectivity index (χ1v) is 10.2. The van der Waals surface area contributed by atoms with Crippen LogP contribution < -0.4 is 10.1 Å². The lowest BCUT2D eigenvalue weighted by Gasteiger charge is -2.24. The van der Waals surface area contributed by atoms with Crippen molar-refractivity contribution in [3.05, 3.63) is 77.4 Å². The highest BCUT2D eigenvalue weighted by Crippen LogP contribution is 2.30. The summed E-state index contributed by atoms with van der Waals surface area (Å²) in [5.74, 6) is 1.00. The lowest BCUT2D eigenvalue weighted by Crippen LogP contribution is -2.30. The van der Waals surface area contributed by atoms with Crippen LogP contribution in [0.15, 0.2) is 60.7 Å². The molecule has 0 heterocycles. The summed E-state index contributed by atoms with van der Waals surface area (Å²) >= 11 is 0. The Morgan fingerprint density at radius 2 is 1.67 bits per heavy atom. The third-order valence-corrected chi connectivity index (χ3v) is 5.81. The molecular weight excluding hydrogens is 330 g/mol. The Labute approximate surface area is 162 Å². The Hall–Kier alpha value is -2.32. The molecular formula is C25H29NO. The largest absolute Gasteiger partial charge is 0.489 e. The average molecular weight is 360 g/mol. The van der Waals surface area contributed by atoms with Crippen molar-refractivity contribution in [3.8, 4) is 5.75 Å². The van der Waals surface area contributed by atoms with Gasteiger partial charge in [-0.2, -0.15) is 0 Å². The van der Waals surface area contributed by atoms with Crippen molar-refractivity contribution in [2.24, 2.45) is 0 Å². The number of hydrogen-bond donors (Lipinski definition) is 1. The highest BCUT2D eigenvalue weighted by atomic mass is 16.5. The van der Waals surface area contributed by atoms with Gasteiger partial charge in [-0.15, -0.1) is 0 Å². The number of hydrogen-bond acceptors (Lipinski definition) is 2. The summed E-state index contributed by atoms with van der Waals surface area (Å²) in [5.41, 5.74) is 3.81. The van der Waals surface area contributed by atoms with Crippen LogP contribution in [0.5, 0.6) is 5.75 Å². The first-order chi connectivity index (χ1) is 13.3. The summed E-state index contributed by atoms with van der Waals surface area (Å²) in [4.78, 5) is 0. The third kappa shape index (κ3) is 4.33. The van der Waals surface area contributed by atoms with Gasteiger partial charge in [0.1, 0.15) is 12.4 Å². The second kappa shape index (κ2) is 8.58. The van der Waals surface area contributed by atoms with Gasteiger partial charge in [-0.1, -0.05) is 73.9 Å². The van der Waals surface area contributed by atoms with Gasteiger partial charge in [0.05, 0.1) is 0 Å². The molecule has 3 aromatic rings. The van der Waals surface area contributed by atoms with E-state index < -0.39 is 0 Å². The fourth-order valence-electron chi connectivity index (χ4n) is 4.11. The molecule has 0 radical (unpaired) electrons. The Bertz CT molecular complexity index is 896. The smallest absolute Gasteiger partial charge is 0.124 e. The Morgan fingerprint density at radius 3 is 2.52 bits per heavy atom. The maximum absolute atomic E-state index is 6.31. The minimum Gasteiger partial charge on any atom is -0.489 e. The molecule has 4 rings (SSSR count). The molecule has 140 valence electrons. The Morgan fingerprint density at radius 1 is 0.889 bits per heavy atom. The van der Waals surface area contributed by atoms with Crippen LogP contribution >= 0.6 is 0 Å². The standard InChI is InChI=1S/C25H29NO/c1-19-9-5-6-11-21(19)18-27-25-16-15-20-10-7-8-14-23(20)24(25)17-26-22-12-3-2-4-13-22/h5-11,14-16,22,26H,2-4,12-13,17-18H2,1H3. The second-order valence-electron chi connectivity index (χ2n) is 7.69. The van der Waals surface area contributed by atoms with E-state index in [-0.39, 0.29) is 0 Å². The summed E-state index contributed by atoms with van der Waals surface area (Å²) in [6.07, 6.45) is 6.68. The summed E-state index contributed by atoms with van der Waals surface area (Å²) in [6.45, 7) is 3.63. The molecule has 0 spiro atoms.